The number of nitrogens with one attached hydrogen (secondary N) is 1. The third-order valence-electron chi connectivity index (χ3n) is 4.13. The molecule has 0 fully saturated rings. The first-order valence-electron chi connectivity index (χ1n) is 8.33. The number of rotatable bonds is 8. The van der Waals surface area contributed by atoms with E-state index in [1.807, 2.05) is 0 Å². The fourth-order valence-corrected chi connectivity index (χ4v) is 3.78. The van der Waals surface area contributed by atoms with Crippen molar-refractivity contribution in [2.75, 3.05) is 33.1 Å². The average Bonchev–Trinajstić information content (AvgIpc) is 2.68. The third-order valence-corrected chi connectivity index (χ3v) is 5.96. The maximum Gasteiger partial charge on any atom is 0.271 e. The minimum absolute atomic E-state index is 0.104. The molecule has 0 saturated carbocycles. The molecule has 0 bridgehead atoms. The average molecular weight is 423 g/mol. The van der Waals surface area contributed by atoms with Crippen molar-refractivity contribution in [3.63, 3.8) is 0 Å². The summed E-state index contributed by atoms with van der Waals surface area (Å²) >= 11 is 0. The van der Waals surface area contributed by atoms with Gasteiger partial charge in [-0.2, -0.15) is 4.31 Å². The number of nitro groups is 1. The van der Waals surface area contributed by atoms with E-state index in [1.165, 1.54) is 51.6 Å². The van der Waals surface area contributed by atoms with Crippen LogP contribution in [0.1, 0.15) is 5.56 Å². The summed E-state index contributed by atoms with van der Waals surface area (Å²) in [6.07, 6.45) is 0. The topological polar surface area (TPSA) is 128 Å². The van der Waals surface area contributed by atoms with Crippen molar-refractivity contribution in [1.82, 2.24) is 4.31 Å². The quantitative estimate of drug-likeness (QED) is 0.509. The smallest absolute Gasteiger partial charge is 0.271 e. The molecule has 2 aromatic carbocycles. The SMILES string of the molecule is COc1ccc(OC)c(S(=O)(=O)N(C)CC(=O)Nc2cc([N+](=O)[O-])ccc2C)c1. The Morgan fingerprint density at radius 3 is 2.45 bits per heavy atom. The standard InChI is InChI=1S/C18H21N3O7S/c1-12-5-6-13(21(23)24)9-15(12)19-18(22)11-20(2)29(25,26)17-10-14(27-3)7-8-16(17)28-4/h5-10H,11H2,1-4H3,(H,19,22). The van der Waals surface area contributed by atoms with Gasteiger partial charge in [0.15, 0.2) is 0 Å². The van der Waals surface area contributed by atoms with Gasteiger partial charge >= 0.3 is 0 Å². The first-order chi connectivity index (χ1) is 13.6. The summed E-state index contributed by atoms with van der Waals surface area (Å²) in [6.45, 7) is 1.16. The second-order valence-electron chi connectivity index (χ2n) is 6.08. The van der Waals surface area contributed by atoms with E-state index in [0.29, 0.717) is 11.3 Å². The molecule has 0 aliphatic rings. The minimum Gasteiger partial charge on any atom is -0.497 e. The normalized spacial score (nSPS) is 11.2. The van der Waals surface area contributed by atoms with Gasteiger partial charge in [0.1, 0.15) is 16.4 Å². The number of sulfonamides is 1. The Hall–Kier alpha value is -3.18. The van der Waals surface area contributed by atoms with Crippen molar-refractivity contribution in [1.29, 1.82) is 0 Å². The maximum atomic E-state index is 12.9. The molecule has 0 atom stereocenters. The minimum atomic E-state index is -4.07. The van der Waals surface area contributed by atoms with Gasteiger partial charge in [-0.15, -0.1) is 0 Å². The second kappa shape index (κ2) is 8.88. The molecule has 11 heteroatoms. The van der Waals surface area contributed by atoms with E-state index < -0.39 is 27.4 Å². The Morgan fingerprint density at radius 2 is 1.86 bits per heavy atom. The highest BCUT2D eigenvalue weighted by Crippen LogP contribution is 2.30. The Morgan fingerprint density at radius 1 is 1.17 bits per heavy atom. The van der Waals surface area contributed by atoms with Gasteiger partial charge < -0.3 is 14.8 Å². The van der Waals surface area contributed by atoms with Crippen molar-refractivity contribution < 1.29 is 27.6 Å². The number of ether oxygens (including phenoxy) is 2. The van der Waals surface area contributed by atoms with Gasteiger partial charge in [0.05, 0.1) is 31.4 Å². The first-order valence-corrected chi connectivity index (χ1v) is 9.77. The zero-order valence-corrected chi connectivity index (χ0v) is 17.1. The van der Waals surface area contributed by atoms with E-state index in [4.69, 9.17) is 9.47 Å². The van der Waals surface area contributed by atoms with E-state index in [2.05, 4.69) is 5.32 Å². The number of nitro benzene ring substituents is 1. The van der Waals surface area contributed by atoms with Gasteiger partial charge in [-0.3, -0.25) is 14.9 Å². The van der Waals surface area contributed by atoms with Crippen molar-refractivity contribution in [2.24, 2.45) is 0 Å². The van der Waals surface area contributed by atoms with Gasteiger partial charge in [0, 0.05) is 25.2 Å². The van der Waals surface area contributed by atoms with Crippen LogP contribution in [0.3, 0.4) is 0 Å². The van der Waals surface area contributed by atoms with Gasteiger partial charge in [-0.25, -0.2) is 8.42 Å². The molecule has 0 heterocycles. The lowest BCUT2D eigenvalue weighted by molar-refractivity contribution is -0.384. The highest BCUT2D eigenvalue weighted by Gasteiger charge is 2.27. The van der Waals surface area contributed by atoms with Crippen LogP contribution in [0.4, 0.5) is 11.4 Å². The van der Waals surface area contributed by atoms with Crippen LogP contribution in [0.15, 0.2) is 41.3 Å². The second-order valence-corrected chi connectivity index (χ2v) is 8.10. The summed E-state index contributed by atoms with van der Waals surface area (Å²) in [5.41, 5.74) is 0.644. The molecule has 0 aliphatic heterocycles. The highest BCUT2D eigenvalue weighted by molar-refractivity contribution is 7.89. The van der Waals surface area contributed by atoms with Crippen LogP contribution >= 0.6 is 0 Å². The van der Waals surface area contributed by atoms with E-state index in [9.17, 15) is 23.3 Å². The molecule has 1 N–H and O–H groups in total. The summed E-state index contributed by atoms with van der Waals surface area (Å²) in [6, 6.07) is 8.33. The molecule has 0 saturated heterocycles. The molecule has 0 radical (unpaired) electrons. The van der Waals surface area contributed by atoms with E-state index in [-0.39, 0.29) is 22.0 Å². The van der Waals surface area contributed by atoms with Crippen LogP contribution in [0.5, 0.6) is 11.5 Å². The number of anilines is 1. The predicted molar refractivity (Wildman–Crippen MR) is 106 cm³/mol. The van der Waals surface area contributed by atoms with Crippen molar-refractivity contribution in [2.45, 2.75) is 11.8 Å². The van der Waals surface area contributed by atoms with Crippen LogP contribution in [0.25, 0.3) is 0 Å². The summed E-state index contributed by atoms with van der Waals surface area (Å²) in [7, 11) is -0.0984. The summed E-state index contributed by atoms with van der Waals surface area (Å²) < 4.78 is 36.8. The van der Waals surface area contributed by atoms with Crippen LogP contribution in [0, 0.1) is 17.0 Å². The predicted octanol–water partition coefficient (Wildman–Crippen LogP) is 2.18. The fraction of sp³-hybridized carbons (Fsp3) is 0.278. The molecule has 1 amide bonds. The van der Waals surface area contributed by atoms with Crippen molar-refractivity contribution in [3.05, 3.63) is 52.1 Å². The van der Waals surface area contributed by atoms with E-state index in [1.54, 1.807) is 13.0 Å². The lowest BCUT2D eigenvalue weighted by Crippen LogP contribution is -2.35. The zero-order valence-electron chi connectivity index (χ0n) is 16.3. The molecule has 2 rings (SSSR count). The zero-order chi connectivity index (χ0) is 21.8. The number of hydrogen-bond acceptors (Lipinski definition) is 7. The number of carbonyl (C=O) groups excluding carboxylic acids is 1. The molecule has 2 aromatic rings. The summed E-state index contributed by atoms with van der Waals surface area (Å²) in [4.78, 5) is 22.5. The molecular weight excluding hydrogens is 402 g/mol. The molecule has 10 nitrogen and oxygen atoms in total. The summed E-state index contributed by atoms with van der Waals surface area (Å²) in [5, 5.41) is 13.4. The van der Waals surface area contributed by atoms with Gasteiger partial charge in [-0.1, -0.05) is 6.07 Å². The Bertz CT molecular complexity index is 1040. The Labute approximate surface area is 168 Å². The Balaban J connectivity index is 2.23. The number of carbonyl (C=O) groups is 1. The maximum absolute atomic E-state index is 12.9. The van der Waals surface area contributed by atoms with Gasteiger partial charge in [-0.05, 0) is 24.6 Å². The van der Waals surface area contributed by atoms with E-state index in [0.717, 1.165) is 4.31 Å². The molecule has 156 valence electrons. The Kier molecular flexibility index (Phi) is 6.77. The van der Waals surface area contributed by atoms with Crippen LogP contribution in [-0.4, -0.2) is 51.4 Å². The number of amides is 1. The molecule has 29 heavy (non-hydrogen) atoms. The number of benzene rings is 2. The van der Waals surface area contributed by atoms with Crippen LogP contribution in [-0.2, 0) is 14.8 Å². The number of methoxy groups -OCH3 is 2. The number of nitrogens with zero attached hydrogens (tertiary/aromatic N) is 2. The summed E-state index contributed by atoms with van der Waals surface area (Å²) in [5.74, 6) is -0.233. The lowest BCUT2D eigenvalue weighted by Gasteiger charge is -2.19. The van der Waals surface area contributed by atoms with Crippen molar-refractivity contribution >= 4 is 27.3 Å². The van der Waals surface area contributed by atoms with Gasteiger partial charge in [0.25, 0.3) is 5.69 Å². The van der Waals surface area contributed by atoms with E-state index >= 15 is 0 Å². The molecule has 0 aromatic heterocycles. The molecular formula is C18H21N3O7S. The molecule has 0 unspecified atom stereocenters. The largest absolute Gasteiger partial charge is 0.497 e. The monoisotopic (exact) mass is 423 g/mol. The van der Waals surface area contributed by atoms with Crippen LogP contribution in [0.2, 0.25) is 0 Å². The van der Waals surface area contributed by atoms with Crippen LogP contribution < -0.4 is 14.8 Å². The number of hydrogen-bond donors (Lipinski definition) is 1. The molecule has 0 spiro atoms. The highest BCUT2D eigenvalue weighted by atomic mass is 32.2. The number of non-ortho nitro benzene ring substituents is 1. The number of aryl methyl sites for hydroxylation is 1. The van der Waals surface area contributed by atoms with Crippen molar-refractivity contribution in [3.8, 4) is 11.5 Å². The molecule has 0 aliphatic carbocycles. The number of likely N-dealkylation sites (N-methyl/N-ethyl adjacent to an activating group) is 1. The fourth-order valence-electron chi connectivity index (χ4n) is 2.49. The van der Waals surface area contributed by atoms with Gasteiger partial charge in [0.2, 0.25) is 15.9 Å². The first kappa shape index (κ1) is 22.1. The third kappa shape index (κ3) is 5.00. The lowest BCUT2D eigenvalue weighted by atomic mass is 10.2.